The van der Waals surface area contributed by atoms with Crippen molar-refractivity contribution in [2.24, 2.45) is 0 Å². The zero-order valence-corrected chi connectivity index (χ0v) is 12.0. The standard InChI is InChI=1S/C13H17Cl3/c1-3-4-5-8-11-10(2)7-6-9-12(11)13(14,15)16/h6-7,9H,3-5,8H2,1-2H3. The molecule has 0 nitrogen and oxygen atoms in total. The van der Waals surface area contributed by atoms with Crippen LogP contribution in [0.15, 0.2) is 18.2 Å². The van der Waals surface area contributed by atoms with Crippen LogP contribution in [0.1, 0.15) is 42.9 Å². The predicted molar refractivity (Wildman–Crippen MR) is 73.6 cm³/mol. The first-order valence-corrected chi connectivity index (χ1v) is 6.76. The Balaban J connectivity index is 2.95. The van der Waals surface area contributed by atoms with Gasteiger partial charge in [-0.2, -0.15) is 0 Å². The van der Waals surface area contributed by atoms with Crippen LogP contribution in [0.25, 0.3) is 0 Å². The molecule has 0 aliphatic rings. The topological polar surface area (TPSA) is 0 Å². The van der Waals surface area contributed by atoms with E-state index in [-0.39, 0.29) is 0 Å². The summed E-state index contributed by atoms with van der Waals surface area (Å²) in [5.74, 6) is 0. The summed E-state index contributed by atoms with van der Waals surface area (Å²) in [5.41, 5.74) is 3.23. The number of rotatable bonds is 4. The molecule has 16 heavy (non-hydrogen) atoms. The van der Waals surface area contributed by atoms with Gasteiger partial charge >= 0.3 is 0 Å². The van der Waals surface area contributed by atoms with Crippen LogP contribution in [0.2, 0.25) is 0 Å². The van der Waals surface area contributed by atoms with E-state index in [1.54, 1.807) is 0 Å². The Kier molecular flexibility index (Phi) is 5.43. The fourth-order valence-corrected chi connectivity index (χ4v) is 2.38. The maximum atomic E-state index is 5.98. The van der Waals surface area contributed by atoms with E-state index >= 15 is 0 Å². The van der Waals surface area contributed by atoms with E-state index in [0.717, 1.165) is 18.4 Å². The van der Waals surface area contributed by atoms with Crippen molar-refractivity contribution in [3.63, 3.8) is 0 Å². The number of hydrogen-bond donors (Lipinski definition) is 0. The fourth-order valence-electron chi connectivity index (χ4n) is 1.85. The largest absolute Gasteiger partial charge is 0.216 e. The van der Waals surface area contributed by atoms with Gasteiger partial charge in [-0.05, 0) is 30.9 Å². The van der Waals surface area contributed by atoms with Gasteiger partial charge in [0.1, 0.15) is 0 Å². The highest BCUT2D eigenvalue weighted by molar-refractivity contribution is 6.66. The van der Waals surface area contributed by atoms with E-state index in [9.17, 15) is 0 Å². The molecule has 0 saturated carbocycles. The molecule has 0 aliphatic carbocycles. The Hall–Kier alpha value is 0.0900. The van der Waals surface area contributed by atoms with E-state index in [1.807, 2.05) is 12.1 Å². The number of aryl methyl sites for hydroxylation is 1. The van der Waals surface area contributed by atoms with Gasteiger partial charge in [-0.15, -0.1) is 0 Å². The van der Waals surface area contributed by atoms with Crippen LogP contribution in [0.4, 0.5) is 0 Å². The highest BCUT2D eigenvalue weighted by Gasteiger charge is 2.26. The molecule has 0 heterocycles. The van der Waals surface area contributed by atoms with Crippen molar-refractivity contribution < 1.29 is 0 Å². The second-order valence-corrected chi connectivity index (χ2v) is 6.34. The maximum absolute atomic E-state index is 5.98. The zero-order chi connectivity index (χ0) is 12.2. The van der Waals surface area contributed by atoms with E-state index in [0.29, 0.717) is 0 Å². The lowest BCUT2D eigenvalue weighted by Gasteiger charge is -2.18. The van der Waals surface area contributed by atoms with Crippen LogP contribution >= 0.6 is 34.8 Å². The third-order valence-electron chi connectivity index (χ3n) is 2.75. The number of halogens is 3. The molecule has 0 amide bonds. The van der Waals surface area contributed by atoms with Gasteiger partial charge in [0.15, 0.2) is 0 Å². The molecule has 0 unspecified atom stereocenters. The van der Waals surface area contributed by atoms with Crippen molar-refractivity contribution in [2.75, 3.05) is 0 Å². The summed E-state index contributed by atoms with van der Waals surface area (Å²) in [5, 5.41) is 0. The fraction of sp³-hybridized carbons (Fsp3) is 0.538. The SMILES string of the molecule is CCCCCc1c(C)cccc1C(Cl)(Cl)Cl. The van der Waals surface area contributed by atoms with Crippen LogP contribution in [0, 0.1) is 6.92 Å². The number of benzene rings is 1. The molecule has 90 valence electrons. The molecule has 0 atom stereocenters. The zero-order valence-electron chi connectivity index (χ0n) is 9.69. The molecule has 1 aromatic carbocycles. The maximum Gasteiger partial charge on any atom is 0.216 e. The van der Waals surface area contributed by atoms with Crippen molar-refractivity contribution in [3.8, 4) is 0 Å². The molecular weight excluding hydrogens is 263 g/mol. The molecule has 0 aliphatic heterocycles. The first kappa shape index (κ1) is 14.2. The van der Waals surface area contributed by atoms with E-state index in [2.05, 4.69) is 19.9 Å². The second-order valence-electron chi connectivity index (χ2n) is 4.06. The molecule has 0 bridgehead atoms. The van der Waals surface area contributed by atoms with Gasteiger partial charge < -0.3 is 0 Å². The van der Waals surface area contributed by atoms with Gasteiger partial charge in [-0.25, -0.2) is 0 Å². The summed E-state index contributed by atoms with van der Waals surface area (Å²) >= 11 is 17.9. The normalized spacial score (nSPS) is 11.8. The van der Waals surface area contributed by atoms with Gasteiger partial charge in [0.05, 0.1) is 0 Å². The molecule has 1 aromatic rings. The third kappa shape index (κ3) is 3.84. The summed E-state index contributed by atoms with van der Waals surface area (Å²) in [7, 11) is 0. The van der Waals surface area contributed by atoms with E-state index in [4.69, 9.17) is 34.8 Å². The minimum Gasteiger partial charge on any atom is -0.0784 e. The number of alkyl halides is 3. The van der Waals surface area contributed by atoms with Crippen LogP contribution in [0.3, 0.4) is 0 Å². The van der Waals surface area contributed by atoms with Crippen LogP contribution < -0.4 is 0 Å². The minimum atomic E-state index is -1.31. The molecule has 1 rings (SSSR count). The predicted octanol–water partition coefficient (Wildman–Crippen LogP) is 5.55. The Bertz CT molecular complexity index is 340. The van der Waals surface area contributed by atoms with Crippen molar-refractivity contribution in [1.29, 1.82) is 0 Å². The average molecular weight is 280 g/mol. The lowest BCUT2D eigenvalue weighted by atomic mass is 9.97. The third-order valence-corrected chi connectivity index (χ3v) is 3.36. The lowest BCUT2D eigenvalue weighted by Crippen LogP contribution is -2.07. The van der Waals surface area contributed by atoms with Crippen molar-refractivity contribution >= 4 is 34.8 Å². The molecule has 0 N–H and O–H groups in total. The monoisotopic (exact) mass is 278 g/mol. The first-order chi connectivity index (χ1) is 7.46. The smallest absolute Gasteiger partial charge is 0.0784 e. The summed E-state index contributed by atoms with van der Waals surface area (Å²) in [6, 6.07) is 5.92. The number of hydrogen-bond acceptors (Lipinski definition) is 0. The van der Waals surface area contributed by atoms with Gasteiger partial charge in [-0.1, -0.05) is 72.8 Å². The first-order valence-electron chi connectivity index (χ1n) is 5.62. The van der Waals surface area contributed by atoms with Crippen LogP contribution in [-0.4, -0.2) is 0 Å². The molecular formula is C13H17Cl3. The van der Waals surface area contributed by atoms with Crippen LogP contribution in [0.5, 0.6) is 0 Å². The van der Waals surface area contributed by atoms with Crippen LogP contribution in [-0.2, 0) is 10.2 Å². The molecule has 0 aromatic heterocycles. The quantitative estimate of drug-likeness (QED) is 0.500. The Morgan fingerprint density at radius 1 is 1.12 bits per heavy atom. The molecule has 0 spiro atoms. The Labute approximate surface area is 113 Å². The Morgan fingerprint density at radius 3 is 2.38 bits per heavy atom. The molecule has 0 saturated heterocycles. The summed E-state index contributed by atoms with van der Waals surface area (Å²) in [4.78, 5) is 0. The van der Waals surface area contributed by atoms with Gasteiger partial charge in [0.25, 0.3) is 0 Å². The van der Waals surface area contributed by atoms with Crippen molar-refractivity contribution in [1.82, 2.24) is 0 Å². The molecule has 0 radical (unpaired) electrons. The summed E-state index contributed by atoms with van der Waals surface area (Å²) in [6.45, 7) is 4.26. The number of unbranched alkanes of at least 4 members (excludes halogenated alkanes) is 2. The van der Waals surface area contributed by atoms with E-state index < -0.39 is 3.79 Å². The Morgan fingerprint density at radius 2 is 1.81 bits per heavy atom. The van der Waals surface area contributed by atoms with Gasteiger partial charge in [0, 0.05) is 5.56 Å². The lowest BCUT2D eigenvalue weighted by molar-refractivity contribution is 0.712. The second kappa shape index (κ2) is 6.14. The highest BCUT2D eigenvalue weighted by Crippen LogP contribution is 2.41. The molecule has 0 fully saturated rings. The summed E-state index contributed by atoms with van der Waals surface area (Å²) < 4.78 is -1.31. The van der Waals surface area contributed by atoms with Gasteiger partial charge in [-0.3, -0.25) is 0 Å². The van der Waals surface area contributed by atoms with Gasteiger partial charge in [0.2, 0.25) is 3.79 Å². The average Bonchev–Trinajstić information content (AvgIpc) is 2.19. The minimum absolute atomic E-state index is 0.827. The molecule has 3 heteroatoms. The van der Waals surface area contributed by atoms with Crippen molar-refractivity contribution in [3.05, 3.63) is 34.9 Å². The van der Waals surface area contributed by atoms with Crippen molar-refractivity contribution in [2.45, 2.75) is 43.3 Å². The highest BCUT2D eigenvalue weighted by atomic mass is 35.6. The van der Waals surface area contributed by atoms with E-state index in [1.165, 1.54) is 24.0 Å². The summed E-state index contributed by atoms with van der Waals surface area (Å²) in [6.07, 6.45) is 4.56.